The van der Waals surface area contributed by atoms with E-state index in [2.05, 4.69) is 49.1 Å². The lowest BCUT2D eigenvalue weighted by atomic mass is 9.79. The molecule has 0 aliphatic carbocycles. The van der Waals surface area contributed by atoms with E-state index in [1.54, 1.807) is 0 Å². The van der Waals surface area contributed by atoms with Crippen LogP contribution < -0.4 is 10.5 Å². The van der Waals surface area contributed by atoms with Gasteiger partial charge >= 0.3 is 0 Å². The van der Waals surface area contributed by atoms with Crippen molar-refractivity contribution in [3.05, 3.63) is 65.7 Å². The molecule has 136 valence electrons. The second kappa shape index (κ2) is 8.70. The molecule has 1 aliphatic heterocycles. The van der Waals surface area contributed by atoms with Crippen molar-refractivity contribution < 1.29 is 4.74 Å². The van der Waals surface area contributed by atoms with Gasteiger partial charge in [0, 0.05) is 25.7 Å². The highest BCUT2D eigenvalue weighted by molar-refractivity contribution is 5.85. The molecule has 3 nitrogen and oxygen atoms in total. The summed E-state index contributed by atoms with van der Waals surface area (Å²) in [5.41, 5.74) is 8.91. The molecule has 1 heterocycles. The first kappa shape index (κ1) is 19.8. The molecule has 1 unspecified atom stereocenters. The van der Waals surface area contributed by atoms with Crippen LogP contribution in [-0.2, 0) is 13.2 Å². The van der Waals surface area contributed by atoms with Gasteiger partial charge < -0.3 is 10.5 Å². The lowest BCUT2D eigenvalue weighted by Crippen LogP contribution is -2.52. The molecule has 2 aromatic carbocycles. The molecule has 2 aromatic rings. The van der Waals surface area contributed by atoms with Gasteiger partial charge in [-0.2, -0.15) is 0 Å². The van der Waals surface area contributed by atoms with Gasteiger partial charge in [0.05, 0.1) is 0 Å². The molecule has 1 fully saturated rings. The summed E-state index contributed by atoms with van der Waals surface area (Å²) in [6.45, 7) is 8.21. The first-order valence-electron chi connectivity index (χ1n) is 8.76. The van der Waals surface area contributed by atoms with Crippen LogP contribution in [0.25, 0.3) is 0 Å². The number of piperidine rings is 1. The van der Waals surface area contributed by atoms with Gasteiger partial charge in [-0.1, -0.05) is 56.3 Å². The van der Waals surface area contributed by atoms with E-state index in [0.29, 0.717) is 12.6 Å². The van der Waals surface area contributed by atoms with Crippen LogP contribution in [0.15, 0.2) is 54.6 Å². The monoisotopic (exact) mass is 360 g/mol. The van der Waals surface area contributed by atoms with Gasteiger partial charge in [0.25, 0.3) is 0 Å². The predicted octanol–water partition coefficient (Wildman–Crippen LogP) is 4.25. The van der Waals surface area contributed by atoms with E-state index < -0.39 is 0 Å². The number of hydrogen-bond acceptors (Lipinski definition) is 3. The van der Waals surface area contributed by atoms with E-state index in [-0.39, 0.29) is 17.8 Å². The third kappa shape index (κ3) is 5.46. The van der Waals surface area contributed by atoms with Crippen molar-refractivity contribution in [1.82, 2.24) is 4.90 Å². The molecule has 2 N–H and O–H groups in total. The molecule has 25 heavy (non-hydrogen) atoms. The molecule has 1 atom stereocenters. The van der Waals surface area contributed by atoms with Crippen molar-refractivity contribution in [2.45, 2.75) is 39.5 Å². The Hall–Kier alpha value is -1.55. The van der Waals surface area contributed by atoms with Gasteiger partial charge in [0.2, 0.25) is 0 Å². The zero-order valence-electron chi connectivity index (χ0n) is 15.2. The van der Waals surface area contributed by atoms with Crippen molar-refractivity contribution in [3.63, 3.8) is 0 Å². The van der Waals surface area contributed by atoms with Crippen LogP contribution in [-0.4, -0.2) is 24.0 Å². The van der Waals surface area contributed by atoms with E-state index in [4.69, 9.17) is 10.5 Å². The minimum absolute atomic E-state index is 0. The summed E-state index contributed by atoms with van der Waals surface area (Å²) >= 11 is 0. The zero-order valence-corrected chi connectivity index (χ0v) is 16.0. The standard InChI is InChI=1S/C21H28N2O.ClH/c1-21(2)16-23(12-11-20(21)22)14-18-9-6-10-19(13-18)24-15-17-7-4-3-5-8-17;/h3-10,13,20H,11-12,14-16,22H2,1-2H3;1H. The second-order valence-corrected chi connectivity index (χ2v) is 7.52. The maximum atomic E-state index is 6.24. The van der Waals surface area contributed by atoms with Crippen LogP contribution >= 0.6 is 12.4 Å². The Bertz CT molecular complexity index is 660. The molecule has 1 aliphatic rings. The topological polar surface area (TPSA) is 38.5 Å². The molecule has 3 rings (SSSR count). The third-order valence-electron chi connectivity index (χ3n) is 4.94. The van der Waals surface area contributed by atoms with E-state index in [0.717, 1.165) is 31.8 Å². The van der Waals surface area contributed by atoms with Crippen molar-refractivity contribution in [3.8, 4) is 5.75 Å². The average molecular weight is 361 g/mol. The number of hydrogen-bond donors (Lipinski definition) is 1. The highest BCUT2D eigenvalue weighted by atomic mass is 35.5. The molecule has 0 radical (unpaired) electrons. The maximum Gasteiger partial charge on any atom is 0.120 e. The minimum atomic E-state index is 0. The first-order valence-corrected chi connectivity index (χ1v) is 8.76. The lowest BCUT2D eigenvalue weighted by Gasteiger charge is -2.42. The number of halogens is 1. The van der Waals surface area contributed by atoms with Crippen LogP contribution in [0.3, 0.4) is 0 Å². The number of rotatable bonds is 5. The predicted molar refractivity (Wildman–Crippen MR) is 106 cm³/mol. The molecule has 1 saturated heterocycles. The molecule has 0 bridgehead atoms. The third-order valence-corrected chi connectivity index (χ3v) is 4.94. The highest BCUT2D eigenvalue weighted by Crippen LogP contribution is 2.29. The van der Waals surface area contributed by atoms with Gasteiger partial charge in [0.15, 0.2) is 0 Å². The highest BCUT2D eigenvalue weighted by Gasteiger charge is 2.33. The normalized spacial score (nSPS) is 19.9. The van der Waals surface area contributed by atoms with E-state index >= 15 is 0 Å². The fraction of sp³-hybridized carbons (Fsp3) is 0.429. The SMILES string of the molecule is CC1(C)CN(Cc2cccc(OCc3ccccc3)c2)CCC1N.Cl. The van der Waals surface area contributed by atoms with Crippen molar-refractivity contribution in [2.24, 2.45) is 11.1 Å². The largest absolute Gasteiger partial charge is 0.489 e. The van der Waals surface area contributed by atoms with Crippen LogP contribution in [0, 0.1) is 5.41 Å². The van der Waals surface area contributed by atoms with Gasteiger partial charge in [-0.3, -0.25) is 4.90 Å². The molecule has 0 saturated carbocycles. The Kier molecular flexibility index (Phi) is 6.88. The quantitative estimate of drug-likeness (QED) is 0.866. The summed E-state index contributed by atoms with van der Waals surface area (Å²) in [6.07, 6.45) is 1.07. The zero-order chi connectivity index (χ0) is 17.0. The van der Waals surface area contributed by atoms with Crippen LogP contribution in [0.5, 0.6) is 5.75 Å². The lowest BCUT2D eigenvalue weighted by molar-refractivity contribution is 0.0898. The first-order chi connectivity index (χ1) is 11.5. The van der Waals surface area contributed by atoms with Gasteiger partial charge in [-0.25, -0.2) is 0 Å². The van der Waals surface area contributed by atoms with E-state index in [9.17, 15) is 0 Å². The number of likely N-dealkylation sites (tertiary alicyclic amines) is 1. The summed E-state index contributed by atoms with van der Waals surface area (Å²) in [5, 5.41) is 0. The van der Waals surface area contributed by atoms with Crippen LogP contribution in [0.1, 0.15) is 31.4 Å². The number of nitrogens with two attached hydrogens (primary N) is 1. The molecule has 0 aromatic heterocycles. The van der Waals surface area contributed by atoms with Crippen LogP contribution in [0.2, 0.25) is 0 Å². The van der Waals surface area contributed by atoms with Crippen LogP contribution in [0.4, 0.5) is 0 Å². The van der Waals surface area contributed by atoms with Gasteiger partial charge in [-0.15, -0.1) is 12.4 Å². The Morgan fingerprint density at radius 3 is 2.52 bits per heavy atom. The number of nitrogens with zero attached hydrogens (tertiary/aromatic N) is 1. The summed E-state index contributed by atoms with van der Waals surface area (Å²) < 4.78 is 5.94. The molecule has 0 spiro atoms. The molecular weight excluding hydrogens is 332 g/mol. The van der Waals surface area contributed by atoms with Gasteiger partial charge in [-0.05, 0) is 35.1 Å². The summed E-state index contributed by atoms with van der Waals surface area (Å²) in [7, 11) is 0. The minimum Gasteiger partial charge on any atom is -0.489 e. The fourth-order valence-electron chi connectivity index (χ4n) is 3.35. The van der Waals surface area contributed by atoms with Crippen molar-refractivity contribution in [1.29, 1.82) is 0 Å². The average Bonchev–Trinajstić information content (AvgIpc) is 2.57. The smallest absolute Gasteiger partial charge is 0.120 e. The molecule has 4 heteroatoms. The Balaban J connectivity index is 0.00000225. The Morgan fingerprint density at radius 1 is 1.08 bits per heavy atom. The van der Waals surface area contributed by atoms with E-state index in [1.165, 1.54) is 11.1 Å². The Morgan fingerprint density at radius 2 is 1.80 bits per heavy atom. The summed E-state index contributed by atoms with van der Waals surface area (Å²) in [4.78, 5) is 2.50. The van der Waals surface area contributed by atoms with Crippen molar-refractivity contribution >= 4 is 12.4 Å². The Labute approximate surface area is 157 Å². The fourth-order valence-corrected chi connectivity index (χ4v) is 3.35. The van der Waals surface area contributed by atoms with E-state index in [1.807, 2.05) is 24.3 Å². The maximum absolute atomic E-state index is 6.24. The number of benzene rings is 2. The molecule has 0 amide bonds. The molecular formula is C21H29ClN2O. The van der Waals surface area contributed by atoms with Crippen molar-refractivity contribution in [2.75, 3.05) is 13.1 Å². The summed E-state index contributed by atoms with van der Waals surface area (Å²) in [6, 6.07) is 19.0. The second-order valence-electron chi connectivity index (χ2n) is 7.52. The summed E-state index contributed by atoms with van der Waals surface area (Å²) in [5.74, 6) is 0.935. The number of ether oxygens (including phenoxy) is 1. The van der Waals surface area contributed by atoms with Gasteiger partial charge in [0.1, 0.15) is 12.4 Å².